The number of fused-ring (bicyclic) bond motifs is 1. The first-order valence-electron chi connectivity index (χ1n) is 8.19. The Labute approximate surface area is 144 Å². The van der Waals surface area contributed by atoms with E-state index in [2.05, 4.69) is 10.3 Å². The monoisotopic (exact) mass is 341 g/mol. The molecule has 5 nitrogen and oxygen atoms in total. The van der Waals surface area contributed by atoms with Crippen LogP contribution in [0.5, 0.6) is 0 Å². The average molecular weight is 341 g/mol. The van der Waals surface area contributed by atoms with Crippen molar-refractivity contribution in [2.24, 2.45) is 0 Å². The van der Waals surface area contributed by atoms with E-state index in [-0.39, 0.29) is 12.0 Å². The average Bonchev–Trinajstić information content (AvgIpc) is 3.32. The van der Waals surface area contributed by atoms with Crippen molar-refractivity contribution in [3.63, 3.8) is 0 Å². The van der Waals surface area contributed by atoms with Crippen LogP contribution in [0.15, 0.2) is 41.9 Å². The molecule has 1 aromatic carbocycles. The van der Waals surface area contributed by atoms with Gasteiger partial charge >= 0.3 is 0 Å². The van der Waals surface area contributed by atoms with E-state index in [0.717, 1.165) is 41.4 Å². The van der Waals surface area contributed by atoms with Crippen LogP contribution < -0.4 is 5.32 Å². The lowest BCUT2D eigenvalue weighted by atomic mass is 10.2. The van der Waals surface area contributed by atoms with Crippen LogP contribution in [-0.4, -0.2) is 34.5 Å². The number of carbonyl (C=O) groups excluding carboxylic acids is 1. The molecule has 0 aliphatic carbocycles. The molecule has 6 heteroatoms. The van der Waals surface area contributed by atoms with E-state index in [4.69, 9.17) is 4.74 Å². The molecule has 24 heavy (non-hydrogen) atoms. The number of benzene rings is 1. The second-order valence-corrected chi connectivity index (χ2v) is 6.82. The summed E-state index contributed by atoms with van der Waals surface area (Å²) in [6.07, 6.45) is 4.66. The van der Waals surface area contributed by atoms with Crippen molar-refractivity contribution < 1.29 is 9.53 Å². The highest BCUT2D eigenvalue weighted by molar-refractivity contribution is 7.15. The number of aromatic nitrogens is 2. The van der Waals surface area contributed by atoms with Gasteiger partial charge in [0.05, 0.1) is 18.2 Å². The number of nitrogens with zero attached hydrogens (tertiary/aromatic N) is 2. The van der Waals surface area contributed by atoms with Gasteiger partial charge in [-0.1, -0.05) is 30.3 Å². The summed E-state index contributed by atoms with van der Waals surface area (Å²) in [6.45, 7) is 1.41. The Hall–Kier alpha value is -2.18. The highest BCUT2D eigenvalue weighted by Gasteiger charge is 2.17. The van der Waals surface area contributed by atoms with Crippen LogP contribution in [-0.2, 0) is 16.0 Å². The van der Waals surface area contributed by atoms with Gasteiger partial charge in [-0.2, -0.15) is 0 Å². The van der Waals surface area contributed by atoms with Gasteiger partial charge in [-0.3, -0.25) is 9.20 Å². The quantitative estimate of drug-likeness (QED) is 0.776. The summed E-state index contributed by atoms with van der Waals surface area (Å²) in [4.78, 5) is 17.8. The molecule has 2 aromatic heterocycles. The summed E-state index contributed by atoms with van der Waals surface area (Å²) in [5, 5.41) is 4.98. The number of hydrogen-bond acceptors (Lipinski definition) is 4. The van der Waals surface area contributed by atoms with Crippen LogP contribution in [0, 0.1) is 0 Å². The first-order valence-corrected chi connectivity index (χ1v) is 9.07. The zero-order valence-electron chi connectivity index (χ0n) is 13.3. The normalized spacial score (nSPS) is 17.4. The molecular weight excluding hydrogens is 322 g/mol. The van der Waals surface area contributed by atoms with Crippen molar-refractivity contribution in [3.8, 4) is 11.3 Å². The molecular formula is C18H19N3O2S. The minimum atomic E-state index is 0.0279. The van der Waals surface area contributed by atoms with Crippen molar-refractivity contribution in [1.29, 1.82) is 0 Å². The van der Waals surface area contributed by atoms with Crippen LogP contribution in [0.3, 0.4) is 0 Å². The Morgan fingerprint density at radius 2 is 2.25 bits per heavy atom. The van der Waals surface area contributed by atoms with Gasteiger partial charge in [0, 0.05) is 36.0 Å². The molecule has 0 radical (unpaired) electrons. The van der Waals surface area contributed by atoms with Gasteiger partial charge in [-0.05, 0) is 12.8 Å². The molecule has 4 rings (SSSR count). The topological polar surface area (TPSA) is 55.6 Å². The lowest BCUT2D eigenvalue weighted by molar-refractivity contribution is -0.121. The number of amides is 1. The van der Waals surface area contributed by atoms with E-state index in [1.165, 1.54) is 0 Å². The number of imidazole rings is 1. The van der Waals surface area contributed by atoms with Crippen molar-refractivity contribution in [2.75, 3.05) is 13.2 Å². The van der Waals surface area contributed by atoms with Gasteiger partial charge in [-0.25, -0.2) is 4.98 Å². The molecule has 0 spiro atoms. The van der Waals surface area contributed by atoms with Gasteiger partial charge in [0.2, 0.25) is 5.91 Å². The molecule has 124 valence electrons. The van der Waals surface area contributed by atoms with Crippen molar-refractivity contribution in [2.45, 2.75) is 25.4 Å². The van der Waals surface area contributed by atoms with E-state index in [0.29, 0.717) is 13.0 Å². The fourth-order valence-corrected chi connectivity index (χ4v) is 3.84. The summed E-state index contributed by atoms with van der Waals surface area (Å²) < 4.78 is 7.55. The second kappa shape index (κ2) is 6.75. The predicted octanol–water partition coefficient (Wildman–Crippen LogP) is 2.90. The molecule has 3 heterocycles. The maximum absolute atomic E-state index is 12.2. The van der Waals surface area contributed by atoms with Gasteiger partial charge in [0.25, 0.3) is 0 Å². The minimum Gasteiger partial charge on any atom is -0.376 e. The number of nitrogens with one attached hydrogen (secondary N) is 1. The smallest absolute Gasteiger partial charge is 0.226 e. The summed E-state index contributed by atoms with van der Waals surface area (Å²) in [7, 11) is 0. The van der Waals surface area contributed by atoms with Crippen LogP contribution in [0.2, 0.25) is 0 Å². The SMILES string of the molecule is O=C(Cc1csc2nc(-c3ccccc3)cn12)NCC1CCCO1. The third-order valence-electron chi connectivity index (χ3n) is 4.25. The van der Waals surface area contributed by atoms with Crippen LogP contribution in [0.1, 0.15) is 18.5 Å². The fraction of sp³-hybridized carbons (Fsp3) is 0.333. The maximum atomic E-state index is 12.2. The third-order valence-corrected chi connectivity index (χ3v) is 5.13. The number of ether oxygens (including phenoxy) is 1. The van der Waals surface area contributed by atoms with Crippen molar-refractivity contribution in [1.82, 2.24) is 14.7 Å². The van der Waals surface area contributed by atoms with Crippen molar-refractivity contribution >= 4 is 22.2 Å². The Kier molecular flexibility index (Phi) is 4.32. The van der Waals surface area contributed by atoms with E-state index >= 15 is 0 Å². The van der Waals surface area contributed by atoms with Gasteiger partial charge in [-0.15, -0.1) is 11.3 Å². The predicted molar refractivity (Wildman–Crippen MR) is 94.2 cm³/mol. The summed E-state index contributed by atoms with van der Waals surface area (Å²) in [5.41, 5.74) is 2.99. The minimum absolute atomic E-state index is 0.0279. The molecule has 1 saturated heterocycles. The fourth-order valence-electron chi connectivity index (χ4n) is 2.96. The Balaban J connectivity index is 1.46. The molecule has 1 atom stereocenters. The van der Waals surface area contributed by atoms with E-state index in [9.17, 15) is 4.79 Å². The second-order valence-electron chi connectivity index (χ2n) is 5.99. The first-order chi connectivity index (χ1) is 11.8. The number of carbonyl (C=O) groups is 1. The highest BCUT2D eigenvalue weighted by atomic mass is 32.1. The zero-order chi connectivity index (χ0) is 16.4. The van der Waals surface area contributed by atoms with Gasteiger partial charge < -0.3 is 10.1 Å². The number of rotatable bonds is 5. The largest absolute Gasteiger partial charge is 0.376 e. The molecule has 0 bridgehead atoms. The molecule has 0 saturated carbocycles. The third kappa shape index (κ3) is 3.20. The van der Waals surface area contributed by atoms with Crippen LogP contribution in [0.25, 0.3) is 16.2 Å². The summed E-state index contributed by atoms with van der Waals surface area (Å²) in [5.74, 6) is 0.0279. The Morgan fingerprint density at radius 3 is 3.04 bits per heavy atom. The molecule has 1 aliphatic rings. The Bertz CT molecular complexity index is 834. The van der Waals surface area contributed by atoms with Crippen molar-refractivity contribution in [3.05, 3.63) is 47.6 Å². The first kappa shape index (κ1) is 15.4. The lowest BCUT2D eigenvalue weighted by Gasteiger charge is -2.10. The molecule has 1 amide bonds. The lowest BCUT2D eigenvalue weighted by Crippen LogP contribution is -2.32. The van der Waals surface area contributed by atoms with Crippen LogP contribution in [0.4, 0.5) is 0 Å². The van der Waals surface area contributed by atoms with Gasteiger partial charge in [0.15, 0.2) is 4.96 Å². The van der Waals surface area contributed by atoms with Gasteiger partial charge in [0.1, 0.15) is 0 Å². The van der Waals surface area contributed by atoms with E-state index < -0.39 is 0 Å². The highest BCUT2D eigenvalue weighted by Crippen LogP contribution is 2.23. The Morgan fingerprint density at radius 1 is 1.38 bits per heavy atom. The number of hydrogen-bond donors (Lipinski definition) is 1. The molecule has 1 N–H and O–H groups in total. The van der Waals surface area contributed by atoms with Crippen LogP contribution >= 0.6 is 11.3 Å². The van der Waals surface area contributed by atoms with E-state index in [1.807, 2.05) is 46.3 Å². The molecule has 1 fully saturated rings. The zero-order valence-corrected chi connectivity index (χ0v) is 14.1. The maximum Gasteiger partial charge on any atom is 0.226 e. The summed E-state index contributed by atoms with van der Waals surface area (Å²) in [6, 6.07) is 10.1. The number of thiazole rings is 1. The standard InChI is InChI=1S/C18H19N3O2S/c22-17(19-10-15-7-4-8-23-15)9-14-12-24-18-20-16(11-21(14)18)13-5-2-1-3-6-13/h1-3,5-6,11-12,15H,4,7-10H2,(H,19,22). The molecule has 1 unspecified atom stereocenters. The summed E-state index contributed by atoms with van der Waals surface area (Å²) >= 11 is 1.56. The molecule has 3 aromatic rings. The molecule has 1 aliphatic heterocycles. The van der Waals surface area contributed by atoms with E-state index in [1.54, 1.807) is 11.3 Å².